The van der Waals surface area contributed by atoms with Crippen LogP contribution in [0.15, 0.2) is 0 Å². The van der Waals surface area contributed by atoms with Crippen LogP contribution in [0.2, 0.25) is 0 Å². The summed E-state index contributed by atoms with van der Waals surface area (Å²) in [7, 11) is 0. The van der Waals surface area contributed by atoms with Crippen molar-refractivity contribution in [2.75, 3.05) is 19.7 Å². The van der Waals surface area contributed by atoms with Crippen molar-refractivity contribution in [2.45, 2.75) is 18.4 Å². The van der Waals surface area contributed by atoms with Crippen LogP contribution >= 0.6 is 0 Å². The summed E-state index contributed by atoms with van der Waals surface area (Å²) in [5.41, 5.74) is -0.436. The minimum Gasteiger partial charge on any atom is -0.396 e. The van der Waals surface area contributed by atoms with E-state index in [0.29, 0.717) is 6.54 Å². The van der Waals surface area contributed by atoms with Crippen LogP contribution < -0.4 is 10.6 Å². The molecule has 2 fully saturated rings. The molecule has 4 heteroatoms. The minimum atomic E-state index is -0.436. The fraction of sp³-hybridized carbons (Fsp3) is 0.875. The van der Waals surface area contributed by atoms with E-state index in [0.717, 1.165) is 19.4 Å². The van der Waals surface area contributed by atoms with Crippen molar-refractivity contribution in [3.05, 3.63) is 0 Å². The summed E-state index contributed by atoms with van der Waals surface area (Å²) in [6.07, 6.45) is 1.90. The molecule has 12 heavy (non-hydrogen) atoms. The zero-order chi connectivity index (χ0) is 8.60. The van der Waals surface area contributed by atoms with Crippen molar-refractivity contribution in [1.29, 1.82) is 0 Å². The summed E-state index contributed by atoms with van der Waals surface area (Å²) >= 11 is 0. The highest BCUT2D eigenvalue weighted by atomic mass is 16.3. The van der Waals surface area contributed by atoms with E-state index in [-0.39, 0.29) is 18.4 Å². The number of hydrogen-bond acceptors (Lipinski definition) is 3. The highest BCUT2D eigenvalue weighted by Gasteiger charge is 2.51. The predicted octanol–water partition coefficient (Wildman–Crippen LogP) is -1.15. The smallest absolute Gasteiger partial charge is 0.240 e. The molecule has 4 nitrogen and oxygen atoms in total. The van der Waals surface area contributed by atoms with Crippen LogP contribution in [-0.2, 0) is 4.79 Å². The molecule has 2 heterocycles. The lowest BCUT2D eigenvalue weighted by Crippen LogP contribution is -2.51. The Labute approximate surface area is 71.3 Å². The zero-order valence-electron chi connectivity index (χ0n) is 6.97. The first kappa shape index (κ1) is 8.01. The number of aliphatic hydroxyl groups is 1. The third kappa shape index (κ3) is 0.881. The molecule has 0 aliphatic carbocycles. The monoisotopic (exact) mass is 170 g/mol. The Bertz CT molecular complexity index is 199. The Morgan fingerprint density at radius 1 is 1.67 bits per heavy atom. The fourth-order valence-corrected chi connectivity index (χ4v) is 2.26. The van der Waals surface area contributed by atoms with Crippen LogP contribution in [0, 0.1) is 5.92 Å². The number of carbonyl (C=O) groups is 1. The van der Waals surface area contributed by atoms with Crippen LogP contribution in [0.1, 0.15) is 12.8 Å². The Morgan fingerprint density at radius 2 is 2.50 bits per heavy atom. The van der Waals surface area contributed by atoms with Gasteiger partial charge in [-0.2, -0.15) is 0 Å². The second kappa shape index (κ2) is 2.71. The van der Waals surface area contributed by atoms with Gasteiger partial charge in [0, 0.05) is 19.1 Å². The van der Waals surface area contributed by atoms with E-state index in [9.17, 15) is 4.79 Å². The van der Waals surface area contributed by atoms with Gasteiger partial charge in [0.2, 0.25) is 5.91 Å². The molecule has 1 spiro atoms. The van der Waals surface area contributed by atoms with E-state index in [2.05, 4.69) is 10.6 Å². The molecule has 2 saturated heterocycles. The molecule has 2 aliphatic heterocycles. The summed E-state index contributed by atoms with van der Waals surface area (Å²) in [6, 6.07) is 0. The van der Waals surface area contributed by atoms with Crippen molar-refractivity contribution in [2.24, 2.45) is 5.92 Å². The molecule has 2 aliphatic rings. The highest BCUT2D eigenvalue weighted by Crippen LogP contribution is 2.31. The van der Waals surface area contributed by atoms with Crippen molar-refractivity contribution < 1.29 is 9.90 Å². The lowest BCUT2D eigenvalue weighted by atomic mass is 9.86. The normalized spacial score (nSPS) is 40.8. The van der Waals surface area contributed by atoms with Gasteiger partial charge in [-0.3, -0.25) is 4.79 Å². The van der Waals surface area contributed by atoms with Gasteiger partial charge in [-0.25, -0.2) is 0 Å². The number of carbonyl (C=O) groups excluding carboxylic acids is 1. The van der Waals surface area contributed by atoms with Crippen molar-refractivity contribution in [3.8, 4) is 0 Å². The topological polar surface area (TPSA) is 61.4 Å². The quantitative estimate of drug-likeness (QED) is 0.465. The summed E-state index contributed by atoms with van der Waals surface area (Å²) in [5.74, 6) is 0.131. The largest absolute Gasteiger partial charge is 0.396 e. The van der Waals surface area contributed by atoms with Gasteiger partial charge in [0.1, 0.15) is 5.54 Å². The van der Waals surface area contributed by atoms with Crippen LogP contribution in [-0.4, -0.2) is 36.2 Å². The molecule has 0 unspecified atom stereocenters. The average Bonchev–Trinajstić information content (AvgIpc) is 2.65. The maximum Gasteiger partial charge on any atom is 0.240 e. The molecule has 3 N–H and O–H groups in total. The summed E-state index contributed by atoms with van der Waals surface area (Å²) in [4.78, 5) is 11.5. The van der Waals surface area contributed by atoms with E-state index >= 15 is 0 Å². The van der Waals surface area contributed by atoms with Crippen LogP contribution in [0.5, 0.6) is 0 Å². The molecule has 0 radical (unpaired) electrons. The summed E-state index contributed by atoms with van der Waals surface area (Å²) in [5, 5.41) is 15.1. The summed E-state index contributed by atoms with van der Waals surface area (Å²) < 4.78 is 0. The molecule has 1 amide bonds. The summed E-state index contributed by atoms with van der Waals surface area (Å²) in [6.45, 7) is 1.60. The highest BCUT2D eigenvalue weighted by molar-refractivity contribution is 5.89. The number of hydrogen-bond donors (Lipinski definition) is 3. The fourth-order valence-electron chi connectivity index (χ4n) is 2.26. The molecule has 0 bridgehead atoms. The van der Waals surface area contributed by atoms with E-state index in [1.165, 1.54) is 0 Å². The molecule has 68 valence electrons. The predicted molar refractivity (Wildman–Crippen MR) is 43.6 cm³/mol. The molecule has 0 aromatic heterocycles. The molecular formula is C8H14N2O2. The van der Waals surface area contributed by atoms with Gasteiger partial charge in [-0.15, -0.1) is 0 Å². The van der Waals surface area contributed by atoms with E-state index in [4.69, 9.17) is 5.11 Å². The Balaban J connectivity index is 2.23. The van der Waals surface area contributed by atoms with Gasteiger partial charge in [0.25, 0.3) is 0 Å². The Morgan fingerprint density at radius 3 is 3.08 bits per heavy atom. The zero-order valence-corrected chi connectivity index (χ0v) is 6.97. The van der Waals surface area contributed by atoms with E-state index < -0.39 is 5.54 Å². The SMILES string of the molecule is O=C1NC[C@@H](CO)[C@]12CCCN2. The van der Waals surface area contributed by atoms with Gasteiger partial charge in [-0.05, 0) is 19.4 Å². The van der Waals surface area contributed by atoms with Gasteiger partial charge in [0.15, 0.2) is 0 Å². The number of amides is 1. The Kier molecular flexibility index (Phi) is 1.81. The molecule has 0 saturated carbocycles. The van der Waals surface area contributed by atoms with Gasteiger partial charge in [-0.1, -0.05) is 0 Å². The van der Waals surface area contributed by atoms with Gasteiger partial charge in [0.05, 0.1) is 0 Å². The standard InChI is InChI=1S/C8H14N2O2/c11-5-6-4-9-7(12)8(6)2-1-3-10-8/h6,10-11H,1-5H2,(H,9,12)/t6-,8+/m0/s1. The average molecular weight is 170 g/mol. The maximum atomic E-state index is 11.5. The minimum absolute atomic E-state index is 0.0625. The lowest BCUT2D eigenvalue weighted by molar-refractivity contribution is -0.125. The van der Waals surface area contributed by atoms with E-state index in [1.54, 1.807) is 0 Å². The molecule has 2 rings (SSSR count). The van der Waals surface area contributed by atoms with Crippen molar-refractivity contribution >= 4 is 5.91 Å². The third-order valence-electron chi connectivity index (χ3n) is 3.02. The number of rotatable bonds is 1. The molecule has 2 atom stereocenters. The number of aliphatic hydroxyl groups excluding tert-OH is 1. The van der Waals surface area contributed by atoms with Gasteiger partial charge >= 0.3 is 0 Å². The van der Waals surface area contributed by atoms with Crippen LogP contribution in [0.4, 0.5) is 0 Å². The molecule has 0 aromatic rings. The molecular weight excluding hydrogens is 156 g/mol. The first-order valence-corrected chi connectivity index (χ1v) is 4.44. The van der Waals surface area contributed by atoms with Crippen molar-refractivity contribution in [1.82, 2.24) is 10.6 Å². The second-order valence-corrected chi connectivity index (χ2v) is 3.59. The lowest BCUT2D eigenvalue weighted by Gasteiger charge is -2.26. The number of nitrogens with one attached hydrogen (secondary N) is 2. The third-order valence-corrected chi connectivity index (χ3v) is 3.02. The van der Waals surface area contributed by atoms with E-state index in [1.807, 2.05) is 0 Å². The van der Waals surface area contributed by atoms with Crippen molar-refractivity contribution in [3.63, 3.8) is 0 Å². The maximum absolute atomic E-state index is 11.5. The first-order chi connectivity index (χ1) is 5.79. The van der Waals surface area contributed by atoms with Gasteiger partial charge < -0.3 is 15.7 Å². The molecule has 0 aromatic carbocycles. The Hall–Kier alpha value is -0.610. The second-order valence-electron chi connectivity index (χ2n) is 3.59. The first-order valence-electron chi connectivity index (χ1n) is 4.44. The van der Waals surface area contributed by atoms with Crippen LogP contribution in [0.3, 0.4) is 0 Å². The van der Waals surface area contributed by atoms with Crippen LogP contribution in [0.25, 0.3) is 0 Å².